The zero-order valence-electron chi connectivity index (χ0n) is 16.2. The molecule has 1 aliphatic rings. The molecule has 0 spiro atoms. The highest BCUT2D eigenvalue weighted by molar-refractivity contribution is 6.31. The second-order valence-electron chi connectivity index (χ2n) is 7.46. The average Bonchev–Trinajstić information content (AvgIpc) is 3.03. The van der Waals surface area contributed by atoms with E-state index in [0.717, 1.165) is 42.0 Å². The van der Waals surface area contributed by atoms with Gasteiger partial charge in [0.15, 0.2) is 0 Å². The quantitative estimate of drug-likeness (QED) is 0.588. The average molecular weight is 393 g/mol. The lowest BCUT2D eigenvalue weighted by Gasteiger charge is -2.26. The van der Waals surface area contributed by atoms with Crippen molar-refractivity contribution in [2.24, 2.45) is 0 Å². The summed E-state index contributed by atoms with van der Waals surface area (Å²) in [5.41, 5.74) is 6.16. The fourth-order valence-corrected chi connectivity index (χ4v) is 4.23. The number of hydrogen-bond donors (Lipinski definition) is 1. The molecule has 28 heavy (non-hydrogen) atoms. The van der Waals surface area contributed by atoms with Crippen molar-refractivity contribution in [2.45, 2.75) is 32.6 Å². The number of aryl methyl sites for hydroxylation is 2. The Labute approximate surface area is 171 Å². The van der Waals surface area contributed by atoms with E-state index in [0.29, 0.717) is 13.0 Å². The third-order valence-electron chi connectivity index (χ3n) is 5.61. The molecule has 0 saturated heterocycles. The summed E-state index contributed by atoms with van der Waals surface area (Å²) in [5, 5.41) is 1.92. The number of fused-ring (bicyclic) bond motifs is 1. The van der Waals surface area contributed by atoms with Crippen LogP contribution in [0.4, 0.5) is 0 Å². The molecule has 2 aromatic carbocycles. The summed E-state index contributed by atoms with van der Waals surface area (Å²) in [6, 6.07) is 16.4. The summed E-state index contributed by atoms with van der Waals surface area (Å²) in [4.78, 5) is 18.0. The van der Waals surface area contributed by atoms with E-state index in [9.17, 15) is 4.79 Å². The van der Waals surface area contributed by atoms with Crippen LogP contribution in [0.15, 0.2) is 54.6 Å². The number of benzene rings is 2. The van der Waals surface area contributed by atoms with Gasteiger partial charge < -0.3 is 9.88 Å². The van der Waals surface area contributed by atoms with Crippen molar-refractivity contribution in [3.63, 3.8) is 0 Å². The van der Waals surface area contributed by atoms with Crippen molar-refractivity contribution in [1.82, 2.24) is 9.88 Å². The van der Waals surface area contributed by atoms with Crippen LogP contribution in [0.1, 0.15) is 36.1 Å². The molecule has 1 aromatic heterocycles. The Hall–Kier alpha value is -2.52. The van der Waals surface area contributed by atoms with Gasteiger partial charge in [-0.2, -0.15) is 0 Å². The van der Waals surface area contributed by atoms with Crippen molar-refractivity contribution in [3.8, 4) is 0 Å². The van der Waals surface area contributed by atoms with E-state index < -0.39 is 0 Å². The number of nitrogens with one attached hydrogen (secondary N) is 1. The molecule has 2 heterocycles. The molecule has 144 valence electrons. The Morgan fingerprint density at radius 3 is 2.75 bits per heavy atom. The fraction of sp³-hybridized carbons (Fsp3) is 0.292. The van der Waals surface area contributed by atoms with Gasteiger partial charge in [-0.3, -0.25) is 4.79 Å². The van der Waals surface area contributed by atoms with E-state index in [-0.39, 0.29) is 5.91 Å². The van der Waals surface area contributed by atoms with Crippen molar-refractivity contribution < 1.29 is 4.79 Å². The summed E-state index contributed by atoms with van der Waals surface area (Å²) in [6.07, 6.45) is 5.45. The molecule has 3 aromatic rings. The van der Waals surface area contributed by atoms with E-state index in [1.165, 1.54) is 22.1 Å². The molecule has 0 radical (unpaired) electrons. The van der Waals surface area contributed by atoms with Gasteiger partial charge in [-0.15, -0.1) is 0 Å². The van der Waals surface area contributed by atoms with Crippen LogP contribution < -0.4 is 0 Å². The van der Waals surface area contributed by atoms with Crippen LogP contribution in [0.5, 0.6) is 0 Å². The first-order valence-corrected chi connectivity index (χ1v) is 10.3. The van der Waals surface area contributed by atoms with Crippen molar-refractivity contribution in [3.05, 3.63) is 76.5 Å². The number of aromatic nitrogens is 1. The molecule has 0 atom stereocenters. The number of H-pyrrole nitrogens is 1. The fourth-order valence-electron chi connectivity index (χ4n) is 4.06. The normalized spacial score (nSPS) is 14.4. The SMILES string of the molecule is Cc1[nH]c2ccc(Cl)cc2c1CCCC(=O)N1CC=C(c2ccccc2)CC1. The van der Waals surface area contributed by atoms with Crippen molar-refractivity contribution in [1.29, 1.82) is 0 Å². The first kappa shape index (κ1) is 18.8. The summed E-state index contributed by atoms with van der Waals surface area (Å²) in [7, 11) is 0. The lowest BCUT2D eigenvalue weighted by Crippen LogP contribution is -2.34. The minimum Gasteiger partial charge on any atom is -0.358 e. The summed E-state index contributed by atoms with van der Waals surface area (Å²) < 4.78 is 0. The molecule has 0 unspecified atom stereocenters. The van der Waals surface area contributed by atoms with E-state index >= 15 is 0 Å². The Bertz CT molecular complexity index is 1020. The Balaban J connectivity index is 1.34. The molecule has 0 fully saturated rings. The standard InChI is InChI=1S/C24H25ClN2O/c1-17-21(22-16-20(25)10-11-23(22)26-17)8-5-9-24(28)27-14-12-19(13-15-27)18-6-3-2-4-7-18/h2-4,6-7,10-12,16,26H,5,8-9,13-15H2,1H3. The second kappa shape index (κ2) is 8.24. The highest BCUT2D eigenvalue weighted by Crippen LogP contribution is 2.27. The van der Waals surface area contributed by atoms with Gasteiger partial charge in [0, 0.05) is 41.1 Å². The van der Waals surface area contributed by atoms with Gasteiger partial charge in [0.2, 0.25) is 5.91 Å². The van der Waals surface area contributed by atoms with Crippen LogP contribution in [0.2, 0.25) is 5.02 Å². The molecule has 1 aliphatic heterocycles. The number of aromatic amines is 1. The monoisotopic (exact) mass is 392 g/mol. The summed E-state index contributed by atoms with van der Waals surface area (Å²) in [6.45, 7) is 3.61. The predicted molar refractivity (Wildman–Crippen MR) is 117 cm³/mol. The first-order valence-electron chi connectivity index (χ1n) is 9.91. The highest BCUT2D eigenvalue weighted by Gasteiger charge is 2.18. The molecule has 0 aliphatic carbocycles. The van der Waals surface area contributed by atoms with Gasteiger partial charge in [-0.05, 0) is 61.1 Å². The number of rotatable bonds is 5. The molecular weight excluding hydrogens is 368 g/mol. The van der Waals surface area contributed by atoms with Gasteiger partial charge in [0.1, 0.15) is 0 Å². The van der Waals surface area contributed by atoms with Gasteiger partial charge >= 0.3 is 0 Å². The number of carbonyl (C=O) groups is 1. The van der Waals surface area contributed by atoms with Crippen LogP contribution in [-0.2, 0) is 11.2 Å². The van der Waals surface area contributed by atoms with Gasteiger partial charge in [0.05, 0.1) is 0 Å². The Kier molecular flexibility index (Phi) is 5.54. The zero-order valence-corrected chi connectivity index (χ0v) is 16.9. The Morgan fingerprint density at radius 1 is 1.18 bits per heavy atom. The molecule has 0 bridgehead atoms. The molecular formula is C24H25ClN2O. The number of hydrogen-bond acceptors (Lipinski definition) is 1. The topological polar surface area (TPSA) is 36.1 Å². The lowest BCUT2D eigenvalue weighted by atomic mass is 9.99. The number of halogens is 1. The maximum absolute atomic E-state index is 12.6. The van der Waals surface area contributed by atoms with Crippen molar-refractivity contribution >= 4 is 34.0 Å². The van der Waals surface area contributed by atoms with Crippen LogP contribution in [0.25, 0.3) is 16.5 Å². The van der Waals surface area contributed by atoms with Crippen LogP contribution in [-0.4, -0.2) is 28.9 Å². The number of nitrogens with zero attached hydrogens (tertiary/aromatic N) is 1. The molecule has 1 amide bonds. The highest BCUT2D eigenvalue weighted by atomic mass is 35.5. The van der Waals surface area contributed by atoms with Crippen LogP contribution in [0.3, 0.4) is 0 Å². The van der Waals surface area contributed by atoms with E-state index in [1.54, 1.807) is 0 Å². The number of amides is 1. The summed E-state index contributed by atoms with van der Waals surface area (Å²) in [5.74, 6) is 0.249. The molecule has 1 N–H and O–H groups in total. The third-order valence-corrected chi connectivity index (χ3v) is 5.84. The number of carbonyl (C=O) groups excluding carboxylic acids is 1. The second-order valence-corrected chi connectivity index (χ2v) is 7.89. The smallest absolute Gasteiger partial charge is 0.222 e. The van der Waals surface area contributed by atoms with Crippen LogP contribution >= 0.6 is 11.6 Å². The van der Waals surface area contributed by atoms with Crippen molar-refractivity contribution in [2.75, 3.05) is 13.1 Å². The maximum atomic E-state index is 12.6. The van der Waals surface area contributed by atoms with Crippen LogP contribution in [0, 0.1) is 6.92 Å². The minimum absolute atomic E-state index is 0.249. The maximum Gasteiger partial charge on any atom is 0.222 e. The molecule has 0 saturated carbocycles. The minimum atomic E-state index is 0.249. The van der Waals surface area contributed by atoms with E-state index in [1.807, 2.05) is 29.2 Å². The van der Waals surface area contributed by atoms with Gasteiger partial charge in [0.25, 0.3) is 0 Å². The summed E-state index contributed by atoms with van der Waals surface area (Å²) >= 11 is 6.16. The molecule has 3 nitrogen and oxygen atoms in total. The van der Waals surface area contributed by atoms with Gasteiger partial charge in [-0.25, -0.2) is 0 Å². The third kappa shape index (κ3) is 4.00. The molecule has 4 heteroatoms. The largest absolute Gasteiger partial charge is 0.358 e. The predicted octanol–water partition coefficient (Wildman–Crippen LogP) is 5.77. The molecule has 4 rings (SSSR count). The first-order chi connectivity index (χ1) is 13.6. The van der Waals surface area contributed by atoms with E-state index in [2.05, 4.69) is 42.2 Å². The van der Waals surface area contributed by atoms with E-state index in [4.69, 9.17) is 11.6 Å². The Morgan fingerprint density at radius 2 is 2.00 bits per heavy atom. The zero-order chi connectivity index (χ0) is 19.5. The lowest BCUT2D eigenvalue weighted by molar-refractivity contribution is -0.130. The van der Waals surface area contributed by atoms with Gasteiger partial charge in [-0.1, -0.05) is 48.0 Å².